The minimum Gasteiger partial charge on any atom is -0.489 e. The Morgan fingerprint density at radius 3 is 2.38 bits per heavy atom. The van der Waals surface area contributed by atoms with Crippen molar-refractivity contribution in [3.8, 4) is 5.75 Å². The standard InChI is InChI=1S/C19H19NO/c1-2-14-7-3-4-12-18(14)21-13-16-10-5-8-15-9-6-11-17(20)19(15)16/h3-12H,2,13,20H2,1H3. The molecule has 3 rings (SSSR count). The molecular weight excluding hydrogens is 258 g/mol. The van der Waals surface area contributed by atoms with Gasteiger partial charge < -0.3 is 10.5 Å². The molecule has 0 fully saturated rings. The van der Waals surface area contributed by atoms with E-state index in [0.29, 0.717) is 6.61 Å². The molecule has 0 aliphatic heterocycles. The first-order chi connectivity index (χ1) is 10.3. The van der Waals surface area contributed by atoms with Crippen LogP contribution in [0.4, 0.5) is 5.69 Å². The molecule has 0 unspecified atom stereocenters. The molecule has 0 spiro atoms. The Bertz CT molecular complexity index is 759. The van der Waals surface area contributed by atoms with Crippen molar-refractivity contribution < 1.29 is 4.74 Å². The van der Waals surface area contributed by atoms with Crippen molar-refractivity contribution in [2.24, 2.45) is 0 Å². The maximum Gasteiger partial charge on any atom is 0.122 e. The van der Waals surface area contributed by atoms with Gasteiger partial charge in [0.05, 0.1) is 0 Å². The van der Waals surface area contributed by atoms with E-state index in [-0.39, 0.29) is 0 Å². The predicted octanol–water partition coefficient (Wildman–Crippen LogP) is 4.56. The third-order valence-electron chi connectivity index (χ3n) is 3.76. The molecule has 0 aromatic heterocycles. The highest BCUT2D eigenvalue weighted by molar-refractivity contribution is 5.95. The van der Waals surface area contributed by atoms with Gasteiger partial charge in [-0.25, -0.2) is 0 Å². The van der Waals surface area contributed by atoms with E-state index in [2.05, 4.69) is 31.2 Å². The molecule has 0 saturated carbocycles. The fourth-order valence-electron chi connectivity index (χ4n) is 2.66. The van der Waals surface area contributed by atoms with E-state index in [4.69, 9.17) is 10.5 Å². The van der Waals surface area contributed by atoms with Crippen molar-refractivity contribution in [2.45, 2.75) is 20.0 Å². The Labute approximate surface area is 125 Å². The molecule has 0 bridgehead atoms. The van der Waals surface area contributed by atoms with Gasteiger partial charge in [0.1, 0.15) is 12.4 Å². The molecular formula is C19H19NO. The van der Waals surface area contributed by atoms with Crippen molar-refractivity contribution in [1.82, 2.24) is 0 Å². The summed E-state index contributed by atoms with van der Waals surface area (Å²) in [5.74, 6) is 0.950. The summed E-state index contributed by atoms with van der Waals surface area (Å²) in [6, 6.07) is 20.4. The molecule has 2 N–H and O–H groups in total. The number of fused-ring (bicyclic) bond motifs is 1. The normalized spacial score (nSPS) is 10.7. The van der Waals surface area contributed by atoms with Crippen LogP contribution < -0.4 is 10.5 Å². The Kier molecular flexibility index (Phi) is 3.78. The molecule has 106 valence electrons. The topological polar surface area (TPSA) is 35.2 Å². The van der Waals surface area contributed by atoms with Crippen LogP contribution in [0.5, 0.6) is 5.75 Å². The lowest BCUT2D eigenvalue weighted by Crippen LogP contribution is -2.00. The average molecular weight is 277 g/mol. The van der Waals surface area contributed by atoms with Crippen molar-refractivity contribution in [2.75, 3.05) is 5.73 Å². The Morgan fingerprint density at radius 2 is 1.57 bits per heavy atom. The zero-order valence-electron chi connectivity index (χ0n) is 12.2. The maximum atomic E-state index is 6.13. The average Bonchev–Trinajstić information content (AvgIpc) is 2.53. The lowest BCUT2D eigenvalue weighted by molar-refractivity contribution is 0.304. The molecule has 0 radical (unpaired) electrons. The molecule has 0 atom stereocenters. The van der Waals surface area contributed by atoms with E-state index in [1.165, 1.54) is 5.56 Å². The van der Waals surface area contributed by atoms with Crippen LogP contribution in [0.2, 0.25) is 0 Å². The van der Waals surface area contributed by atoms with E-state index in [1.54, 1.807) is 0 Å². The van der Waals surface area contributed by atoms with Crippen LogP contribution >= 0.6 is 0 Å². The lowest BCUT2D eigenvalue weighted by Gasteiger charge is -2.13. The van der Waals surface area contributed by atoms with Gasteiger partial charge in [-0.15, -0.1) is 0 Å². The van der Waals surface area contributed by atoms with Crippen LogP contribution in [0.15, 0.2) is 60.7 Å². The van der Waals surface area contributed by atoms with Gasteiger partial charge in [0, 0.05) is 11.1 Å². The predicted molar refractivity (Wildman–Crippen MR) is 88.5 cm³/mol. The molecule has 0 aliphatic rings. The van der Waals surface area contributed by atoms with Gasteiger partial charge in [-0.3, -0.25) is 0 Å². The van der Waals surface area contributed by atoms with Crippen LogP contribution in [0.3, 0.4) is 0 Å². The van der Waals surface area contributed by atoms with E-state index >= 15 is 0 Å². The molecule has 21 heavy (non-hydrogen) atoms. The Hall–Kier alpha value is -2.48. The summed E-state index contributed by atoms with van der Waals surface area (Å²) in [5, 5.41) is 2.24. The zero-order chi connectivity index (χ0) is 14.7. The van der Waals surface area contributed by atoms with Gasteiger partial charge in [0.25, 0.3) is 0 Å². The summed E-state index contributed by atoms with van der Waals surface area (Å²) in [5.41, 5.74) is 9.28. The zero-order valence-corrected chi connectivity index (χ0v) is 12.2. The highest BCUT2D eigenvalue weighted by Crippen LogP contribution is 2.27. The minimum absolute atomic E-state index is 0.530. The van der Waals surface area contributed by atoms with Crippen molar-refractivity contribution >= 4 is 16.5 Å². The van der Waals surface area contributed by atoms with Gasteiger partial charge in [0.2, 0.25) is 0 Å². The summed E-state index contributed by atoms with van der Waals surface area (Å²) in [6.07, 6.45) is 0.966. The second-order valence-electron chi connectivity index (χ2n) is 5.11. The number of anilines is 1. The highest BCUT2D eigenvalue weighted by atomic mass is 16.5. The Morgan fingerprint density at radius 1 is 0.857 bits per heavy atom. The van der Waals surface area contributed by atoms with Crippen LogP contribution in [0.25, 0.3) is 10.8 Å². The molecule has 2 heteroatoms. The first-order valence-corrected chi connectivity index (χ1v) is 7.26. The van der Waals surface area contributed by atoms with Crippen molar-refractivity contribution in [1.29, 1.82) is 0 Å². The number of rotatable bonds is 4. The molecule has 0 saturated heterocycles. The number of aryl methyl sites for hydroxylation is 1. The second-order valence-corrected chi connectivity index (χ2v) is 5.11. The van der Waals surface area contributed by atoms with Crippen LogP contribution in [0, 0.1) is 0 Å². The van der Waals surface area contributed by atoms with E-state index < -0.39 is 0 Å². The van der Waals surface area contributed by atoms with E-state index in [9.17, 15) is 0 Å². The summed E-state index contributed by atoms with van der Waals surface area (Å²) < 4.78 is 6.02. The lowest BCUT2D eigenvalue weighted by atomic mass is 10.0. The smallest absolute Gasteiger partial charge is 0.122 e. The number of para-hydroxylation sites is 1. The molecule has 3 aromatic carbocycles. The third-order valence-corrected chi connectivity index (χ3v) is 3.76. The number of hydrogen-bond donors (Lipinski definition) is 1. The SMILES string of the molecule is CCc1ccccc1OCc1cccc2cccc(N)c12. The molecule has 0 aliphatic carbocycles. The summed E-state index contributed by atoms with van der Waals surface area (Å²) in [7, 11) is 0. The molecule has 3 aromatic rings. The summed E-state index contributed by atoms with van der Waals surface area (Å²) in [6.45, 7) is 2.67. The van der Waals surface area contributed by atoms with Crippen LogP contribution in [0.1, 0.15) is 18.1 Å². The quantitative estimate of drug-likeness (QED) is 0.709. The third kappa shape index (κ3) is 2.70. The van der Waals surface area contributed by atoms with Crippen LogP contribution in [-0.4, -0.2) is 0 Å². The maximum absolute atomic E-state index is 6.13. The van der Waals surface area contributed by atoms with Crippen LogP contribution in [-0.2, 0) is 13.0 Å². The first-order valence-electron chi connectivity index (χ1n) is 7.26. The van der Waals surface area contributed by atoms with Crippen molar-refractivity contribution in [3.63, 3.8) is 0 Å². The second kappa shape index (κ2) is 5.88. The number of benzene rings is 3. The Balaban J connectivity index is 1.92. The molecule has 0 amide bonds. The fraction of sp³-hybridized carbons (Fsp3) is 0.158. The summed E-state index contributed by atoms with van der Waals surface area (Å²) in [4.78, 5) is 0. The van der Waals surface area contributed by atoms with Gasteiger partial charge in [-0.1, -0.05) is 55.5 Å². The van der Waals surface area contributed by atoms with Gasteiger partial charge >= 0.3 is 0 Å². The fourth-order valence-corrected chi connectivity index (χ4v) is 2.66. The largest absolute Gasteiger partial charge is 0.489 e. The summed E-state index contributed by atoms with van der Waals surface area (Å²) >= 11 is 0. The minimum atomic E-state index is 0.530. The number of ether oxygens (including phenoxy) is 1. The number of nitrogens with two attached hydrogens (primary N) is 1. The van der Waals surface area contributed by atoms with E-state index in [1.807, 2.05) is 36.4 Å². The van der Waals surface area contributed by atoms with Gasteiger partial charge in [-0.2, -0.15) is 0 Å². The molecule has 0 heterocycles. The van der Waals surface area contributed by atoms with E-state index in [0.717, 1.165) is 34.2 Å². The first kappa shape index (κ1) is 13.5. The number of nitrogen functional groups attached to an aromatic ring is 1. The van der Waals surface area contributed by atoms with Crippen molar-refractivity contribution in [3.05, 3.63) is 71.8 Å². The monoisotopic (exact) mass is 277 g/mol. The molecule has 2 nitrogen and oxygen atoms in total. The van der Waals surface area contributed by atoms with Gasteiger partial charge in [0.15, 0.2) is 0 Å². The number of hydrogen-bond acceptors (Lipinski definition) is 2. The highest BCUT2D eigenvalue weighted by Gasteiger charge is 2.06. The van der Waals surface area contributed by atoms with Gasteiger partial charge in [-0.05, 0) is 35.1 Å².